The van der Waals surface area contributed by atoms with Crippen LogP contribution in [0.2, 0.25) is 0 Å². The summed E-state index contributed by atoms with van der Waals surface area (Å²) in [5.74, 6) is -0.500. The summed E-state index contributed by atoms with van der Waals surface area (Å²) in [4.78, 5) is 18.6. The van der Waals surface area contributed by atoms with E-state index in [0.717, 1.165) is 0 Å². The number of nitrogens with one attached hydrogen (secondary N) is 1. The lowest BCUT2D eigenvalue weighted by molar-refractivity contribution is -0.138. The number of hydrogen-bond acceptors (Lipinski definition) is 8. The molecule has 0 aliphatic heterocycles. The number of anilines is 1. The van der Waals surface area contributed by atoms with Gasteiger partial charge in [-0.3, -0.25) is 4.79 Å². The Hall–Kier alpha value is -2.00. The molecule has 0 fully saturated rings. The zero-order valence-corrected chi connectivity index (χ0v) is 10.1. The van der Waals surface area contributed by atoms with E-state index in [-0.39, 0.29) is 0 Å². The average Bonchev–Trinajstić information content (AvgIpc) is 2.99. The van der Waals surface area contributed by atoms with Gasteiger partial charge in [0.15, 0.2) is 11.0 Å². The second-order valence-corrected chi connectivity index (χ2v) is 4.28. The fourth-order valence-corrected chi connectivity index (χ4v) is 2.00. The maximum absolute atomic E-state index is 10.7. The molecular formula is C9H11N5O3S. The highest BCUT2D eigenvalue weighted by atomic mass is 32.1. The molecule has 0 saturated carbocycles. The number of hydrogen-bond donors (Lipinski definition) is 3. The van der Waals surface area contributed by atoms with E-state index >= 15 is 0 Å². The van der Waals surface area contributed by atoms with E-state index in [2.05, 4.69) is 25.0 Å². The minimum Gasteiger partial charge on any atom is -0.480 e. The SMILES string of the molecule is NC(C(=O)O)c1csc(NCCc2ncon2)n1. The van der Waals surface area contributed by atoms with E-state index < -0.39 is 12.0 Å². The van der Waals surface area contributed by atoms with Gasteiger partial charge in [-0.1, -0.05) is 5.16 Å². The van der Waals surface area contributed by atoms with Crippen molar-refractivity contribution in [3.63, 3.8) is 0 Å². The minimum atomic E-state index is -1.10. The molecule has 2 rings (SSSR count). The van der Waals surface area contributed by atoms with Gasteiger partial charge in [-0.2, -0.15) is 4.98 Å². The van der Waals surface area contributed by atoms with Gasteiger partial charge in [0.2, 0.25) is 6.39 Å². The standard InChI is InChI=1S/C9H11N5O3S/c10-7(8(15)16)5-3-18-9(13-5)11-2-1-6-12-4-17-14-6/h3-4,7H,1-2,10H2,(H,11,13)(H,15,16). The van der Waals surface area contributed by atoms with Crippen LogP contribution in [0.4, 0.5) is 5.13 Å². The number of carboxylic acids is 1. The molecule has 0 aromatic carbocycles. The third-order valence-electron chi connectivity index (χ3n) is 2.14. The Morgan fingerprint density at radius 1 is 1.67 bits per heavy atom. The maximum atomic E-state index is 10.7. The fourth-order valence-electron chi connectivity index (χ4n) is 1.22. The van der Waals surface area contributed by atoms with Gasteiger partial charge in [0, 0.05) is 18.3 Å². The van der Waals surface area contributed by atoms with Crippen LogP contribution in [0.25, 0.3) is 0 Å². The summed E-state index contributed by atoms with van der Waals surface area (Å²) in [6.45, 7) is 0.578. The van der Waals surface area contributed by atoms with E-state index in [1.165, 1.54) is 17.7 Å². The molecule has 2 aromatic heterocycles. The van der Waals surface area contributed by atoms with Gasteiger partial charge >= 0.3 is 5.97 Å². The van der Waals surface area contributed by atoms with Crippen LogP contribution in [0.5, 0.6) is 0 Å². The molecule has 0 spiro atoms. The number of nitrogens with two attached hydrogens (primary N) is 1. The number of aliphatic carboxylic acids is 1. The first-order valence-corrected chi connectivity index (χ1v) is 5.97. The molecular weight excluding hydrogens is 258 g/mol. The van der Waals surface area contributed by atoms with Crippen molar-refractivity contribution >= 4 is 22.4 Å². The monoisotopic (exact) mass is 269 g/mol. The quantitative estimate of drug-likeness (QED) is 0.681. The molecule has 0 saturated heterocycles. The predicted octanol–water partition coefficient (Wildman–Crippen LogP) is 0.265. The number of aromatic nitrogens is 3. The number of rotatable bonds is 6. The van der Waals surface area contributed by atoms with Crippen LogP contribution in [-0.2, 0) is 11.2 Å². The predicted molar refractivity (Wildman–Crippen MR) is 63.2 cm³/mol. The largest absolute Gasteiger partial charge is 0.480 e. The van der Waals surface area contributed by atoms with Crippen LogP contribution in [-0.4, -0.2) is 32.7 Å². The number of thiazole rings is 1. The number of carbonyl (C=O) groups is 1. The van der Waals surface area contributed by atoms with Gasteiger partial charge in [-0.15, -0.1) is 11.3 Å². The Bertz CT molecular complexity index is 512. The molecule has 18 heavy (non-hydrogen) atoms. The molecule has 0 aliphatic carbocycles. The van der Waals surface area contributed by atoms with Gasteiger partial charge in [-0.05, 0) is 0 Å². The van der Waals surface area contributed by atoms with Crippen molar-refractivity contribution in [3.8, 4) is 0 Å². The molecule has 0 amide bonds. The van der Waals surface area contributed by atoms with Crippen molar-refractivity contribution in [1.82, 2.24) is 15.1 Å². The molecule has 2 aromatic rings. The van der Waals surface area contributed by atoms with E-state index in [1.807, 2.05) is 0 Å². The second kappa shape index (κ2) is 5.56. The van der Waals surface area contributed by atoms with Gasteiger partial charge in [0.05, 0.1) is 5.69 Å². The number of nitrogens with zero attached hydrogens (tertiary/aromatic N) is 3. The van der Waals surface area contributed by atoms with Crippen molar-refractivity contribution in [1.29, 1.82) is 0 Å². The molecule has 9 heteroatoms. The molecule has 4 N–H and O–H groups in total. The van der Waals surface area contributed by atoms with Gasteiger partial charge < -0.3 is 20.7 Å². The third kappa shape index (κ3) is 3.02. The highest BCUT2D eigenvalue weighted by Crippen LogP contribution is 2.19. The minimum absolute atomic E-state index is 0.342. The summed E-state index contributed by atoms with van der Waals surface area (Å²) in [5, 5.41) is 17.7. The summed E-state index contributed by atoms with van der Waals surface area (Å²) in [6.07, 6.45) is 1.86. The van der Waals surface area contributed by atoms with Gasteiger partial charge in [0.1, 0.15) is 6.04 Å². The van der Waals surface area contributed by atoms with Crippen molar-refractivity contribution in [3.05, 3.63) is 23.3 Å². The Kier molecular flexibility index (Phi) is 3.85. The van der Waals surface area contributed by atoms with E-state index in [4.69, 9.17) is 10.8 Å². The topological polar surface area (TPSA) is 127 Å². The highest BCUT2D eigenvalue weighted by molar-refractivity contribution is 7.13. The zero-order valence-electron chi connectivity index (χ0n) is 9.24. The molecule has 96 valence electrons. The smallest absolute Gasteiger partial charge is 0.326 e. The van der Waals surface area contributed by atoms with E-state index in [9.17, 15) is 4.79 Å². The summed E-state index contributed by atoms with van der Waals surface area (Å²) in [6, 6.07) is -1.09. The maximum Gasteiger partial charge on any atom is 0.326 e. The Balaban J connectivity index is 1.85. The van der Waals surface area contributed by atoms with Crippen LogP contribution in [0, 0.1) is 0 Å². The van der Waals surface area contributed by atoms with Crippen LogP contribution in [0.3, 0.4) is 0 Å². The Morgan fingerprint density at radius 2 is 2.50 bits per heavy atom. The summed E-state index contributed by atoms with van der Waals surface area (Å²) in [5.41, 5.74) is 5.78. The summed E-state index contributed by atoms with van der Waals surface area (Å²) in [7, 11) is 0. The lowest BCUT2D eigenvalue weighted by Crippen LogP contribution is -2.21. The first-order chi connectivity index (χ1) is 8.66. The third-order valence-corrected chi connectivity index (χ3v) is 2.96. The van der Waals surface area contributed by atoms with Crippen molar-refractivity contribution in [2.75, 3.05) is 11.9 Å². The van der Waals surface area contributed by atoms with Crippen molar-refractivity contribution in [2.45, 2.75) is 12.5 Å². The van der Waals surface area contributed by atoms with Crippen LogP contribution >= 0.6 is 11.3 Å². The van der Waals surface area contributed by atoms with Crippen LogP contribution in [0.1, 0.15) is 17.6 Å². The molecule has 0 bridgehead atoms. The van der Waals surface area contributed by atoms with Gasteiger partial charge in [-0.25, -0.2) is 4.98 Å². The number of carboxylic acid groups (broad SMARTS) is 1. The Labute approximate surface area is 106 Å². The molecule has 0 aliphatic rings. The van der Waals surface area contributed by atoms with Crippen molar-refractivity contribution in [2.24, 2.45) is 5.73 Å². The summed E-state index contributed by atoms with van der Waals surface area (Å²) < 4.78 is 4.60. The normalized spacial score (nSPS) is 12.3. The van der Waals surface area contributed by atoms with E-state index in [0.29, 0.717) is 29.6 Å². The van der Waals surface area contributed by atoms with Crippen molar-refractivity contribution < 1.29 is 14.4 Å². The molecule has 8 nitrogen and oxygen atoms in total. The lowest BCUT2D eigenvalue weighted by atomic mass is 10.2. The summed E-state index contributed by atoms with van der Waals surface area (Å²) >= 11 is 1.30. The molecule has 1 unspecified atom stereocenters. The zero-order chi connectivity index (χ0) is 13.0. The fraction of sp³-hybridized carbons (Fsp3) is 0.333. The first-order valence-electron chi connectivity index (χ1n) is 5.09. The lowest BCUT2D eigenvalue weighted by Gasteiger charge is -2.01. The van der Waals surface area contributed by atoms with Gasteiger partial charge in [0.25, 0.3) is 0 Å². The van der Waals surface area contributed by atoms with Crippen LogP contribution < -0.4 is 11.1 Å². The van der Waals surface area contributed by atoms with Crippen LogP contribution in [0.15, 0.2) is 16.3 Å². The second-order valence-electron chi connectivity index (χ2n) is 3.42. The van der Waals surface area contributed by atoms with E-state index in [1.54, 1.807) is 5.38 Å². The molecule has 0 radical (unpaired) electrons. The first kappa shape index (κ1) is 12.5. The molecule has 1 atom stereocenters. The molecule has 2 heterocycles. The average molecular weight is 269 g/mol. The Morgan fingerprint density at radius 3 is 3.17 bits per heavy atom. The highest BCUT2D eigenvalue weighted by Gasteiger charge is 2.17.